The summed E-state index contributed by atoms with van der Waals surface area (Å²) < 4.78 is 4.91. The number of para-hydroxylation sites is 1. The number of rotatable bonds is 2. The first-order valence-corrected chi connectivity index (χ1v) is 4.74. The van der Waals surface area contributed by atoms with Crippen LogP contribution < -0.4 is 10.5 Å². The second-order valence-electron chi connectivity index (χ2n) is 3.16. The summed E-state index contributed by atoms with van der Waals surface area (Å²) in [5.74, 6) is 0.433. The van der Waals surface area contributed by atoms with Gasteiger partial charge in [-0.05, 0) is 12.1 Å². The van der Waals surface area contributed by atoms with E-state index in [1.54, 1.807) is 24.5 Å². The molecule has 1 aromatic heterocycles. The quantitative estimate of drug-likeness (QED) is 0.833. The molecule has 0 saturated heterocycles. The monoisotopic (exact) mass is 214 g/mol. The molecule has 2 N–H and O–H groups in total. The molecule has 2 aromatic rings. The van der Waals surface area contributed by atoms with E-state index in [0.717, 1.165) is 11.1 Å². The molecule has 80 valence electrons. The Bertz CT molecular complexity index is 497. The molecule has 0 atom stereocenters. The molecule has 16 heavy (non-hydrogen) atoms. The van der Waals surface area contributed by atoms with Crippen molar-refractivity contribution in [3.05, 3.63) is 48.8 Å². The van der Waals surface area contributed by atoms with Crippen LogP contribution >= 0.6 is 0 Å². The number of ether oxygens (including phenoxy) is 1. The van der Waals surface area contributed by atoms with Gasteiger partial charge in [-0.1, -0.05) is 24.3 Å². The number of nitrogens with zero attached hydrogens (tertiary/aromatic N) is 1. The number of primary amides is 1. The molecule has 0 saturated carbocycles. The number of benzene rings is 1. The first-order valence-electron chi connectivity index (χ1n) is 4.74. The molecule has 1 aromatic carbocycles. The number of aromatic nitrogens is 1. The zero-order valence-electron chi connectivity index (χ0n) is 8.46. The molecule has 4 heteroatoms. The van der Waals surface area contributed by atoms with Crippen LogP contribution in [0.2, 0.25) is 0 Å². The summed E-state index contributed by atoms with van der Waals surface area (Å²) in [4.78, 5) is 14.7. The summed E-state index contributed by atoms with van der Waals surface area (Å²) in [6.07, 6.45) is 2.56. The van der Waals surface area contributed by atoms with Crippen LogP contribution in [-0.2, 0) is 0 Å². The lowest BCUT2D eigenvalue weighted by molar-refractivity contribution is 0.211. The number of carbonyl (C=O) groups excluding carboxylic acids is 1. The summed E-state index contributed by atoms with van der Waals surface area (Å²) in [7, 11) is 0. The van der Waals surface area contributed by atoms with Gasteiger partial charge >= 0.3 is 6.09 Å². The highest BCUT2D eigenvalue weighted by atomic mass is 16.5. The van der Waals surface area contributed by atoms with Crippen molar-refractivity contribution in [2.45, 2.75) is 0 Å². The number of pyridine rings is 1. The van der Waals surface area contributed by atoms with Crippen molar-refractivity contribution in [1.82, 2.24) is 4.98 Å². The van der Waals surface area contributed by atoms with E-state index in [2.05, 4.69) is 4.98 Å². The number of amides is 1. The van der Waals surface area contributed by atoms with Gasteiger partial charge in [-0.3, -0.25) is 4.98 Å². The fourth-order valence-corrected chi connectivity index (χ4v) is 1.42. The van der Waals surface area contributed by atoms with Crippen LogP contribution in [0.1, 0.15) is 0 Å². The van der Waals surface area contributed by atoms with Gasteiger partial charge in [-0.15, -0.1) is 0 Å². The van der Waals surface area contributed by atoms with Crippen molar-refractivity contribution < 1.29 is 9.53 Å². The van der Waals surface area contributed by atoms with E-state index in [9.17, 15) is 4.79 Å². The molecule has 1 heterocycles. The highest BCUT2D eigenvalue weighted by Gasteiger charge is 2.07. The number of nitrogens with two attached hydrogens (primary N) is 1. The maximum Gasteiger partial charge on any atom is 0.409 e. The minimum absolute atomic E-state index is 0.433. The van der Waals surface area contributed by atoms with Gasteiger partial charge in [0.15, 0.2) is 0 Å². The maximum absolute atomic E-state index is 10.7. The lowest BCUT2D eigenvalue weighted by atomic mass is 10.1. The number of hydrogen-bond acceptors (Lipinski definition) is 3. The molecule has 0 fully saturated rings. The van der Waals surface area contributed by atoms with Crippen molar-refractivity contribution >= 4 is 6.09 Å². The molecule has 0 aliphatic rings. The van der Waals surface area contributed by atoms with Crippen LogP contribution in [-0.4, -0.2) is 11.1 Å². The Morgan fingerprint density at radius 2 is 2.00 bits per heavy atom. The molecule has 0 radical (unpaired) electrons. The fourth-order valence-electron chi connectivity index (χ4n) is 1.42. The first kappa shape index (κ1) is 10.2. The van der Waals surface area contributed by atoms with E-state index < -0.39 is 6.09 Å². The Labute approximate surface area is 92.7 Å². The highest BCUT2D eigenvalue weighted by molar-refractivity contribution is 5.75. The summed E-state index contributed by atoms with van der Waals surface area (Å²) in [5.41, 5.74) is 6.66. The maximum atomic E-state index is 10.7. The Hall–Kier alpha value is -2.36. The SMILES string of the molecule is NC(=O)Oc1ccccc1-c1cccnc1. The predicted molar refractivity (Wildman–Crippen MR) is 59.9 cm³/mol. The molecule has 0 aliphatic heterocycles. The minimum atomic E-state index is -0.823. The highest BCUT2D eigenvalue weighted by Crippen LogP contribution is 2.28. The Kier molecular flexibility index (Phi) is 2.82. The van der Waals surface area contributed by atoms with Gasteiger partial charge in [-0.25, -0.2) is 4.79 Å². The van der Waals surface area contributed by atoms with E-state index in [1.807, 2.05) is 24.3 Å². The standard InChI is InChI=1S/C12H10N2O2/c13-12(15)16-11-6-2-1-5-10(11)9-4-3-7-14-8-9/h1-8H,(H2,13,15). The molecule has 1 amide bonds. The van der Waals surface area contributed by atoms with Gasteiger partial charge in [0.25, 0.3) is 0 Å². The molecule has 0 spiro atoms. The minimum Gasteiger partial charge on any atom is -0.410 e. The predicted octanol–water partition coefficient (Wildman–Crippen LogP) is 2.21. The zero-order chi connectivity index (χ0) is 11.4. The molecular formula is C12H10N2O2. The lowest BCUT2D eigenvalue weighted by Crippen LogP contribution is -2.16. The van der Waals surface area contributed by atoms with Crippen molar-refractivity contribution in [3.8, 4) is 16.9 Å². The second-order valence-corrected chi connectivity index (χ2v) is 3.16. The summed E-state index contributed by atoms with van der Waals surface area (Å²) in [6.45, 7) is 0. The largest absolute Gasteiger partial charge is 0.410 e. The molecule has 2 rings (SSSR count). The third kappa shape index (κ3) is 2.17. The van der Waals surface area contributed by atoms with E-state index >= 15 is 0 Å². The molecule has 0 unspecified atom stereocenters. The van der Waals surface area contributed by atoms with Crippen LogP contribution in [0.25, 0.3) is 11.1 Å². The molecule has 0 bridgehead atoms. The van der Waals surface area contributed by atoms with Crippen molar-refractivity contribution in [3.63, 3.8) is 0 Å². The Morgan fingerprint density at radius 3 is 2.69 bits per heavy atom. The van der Waals surface area contributed by atoms with Gasteiger partial charge in [0, 0.05) is 23.5 Å². The third-order valence-electron chi connectivity index (χ3n) is 2.07. The topological polar surface area (TPSA) is 65.2 Å². The average Bonchev–Trinajstić information content (AvgIpc) is 2.30. The Balaban J connectivity index is 2.44. The number of hydrogen-bond donors (Lipinski definition) is 1. The van der Waals surface area contributed by atoms with E-state index in [4.69, 9.17) is 10.5 Å². The second kappa shape index (κ2) is 4.44. The summed E-state index contributed by atoms with van der Waals surface area (Å²) >= 11 is 0. The van der Waals surface area contributed by atoms with E-state index in [-0.39, 0.29) is 0 Å². The van der Waals surface area contributed by atoms with Gasteiger partial charge in [0.05, 0.1) is 0 Å². The summed E-state index contributed by atoms with van der Waals surface area (Å²) in [6, 6.07) is 10.9. The van der Waals surface area contributed by atoms with Crippen LogP contribution in [0.3, 0.4) is 0 Å². The van der Waals surface area contributed by atoms with Crippen LogP contribution in [0, 0.1) is 0 Å². The summed E-state index contributed by atoms with van der Waals surface area (Å²) in [5, 5.41) is 0. The van der Waals surface area contributed by atoms with Gasteiger partial charge in [-0.2, -0.15) is 0 Å². The lowest BCUT2D eigenvalue weighted by Gasteiger charge is -2.07. The fraction of sp³-hybridized carbons (Fsp3) is 0. The van der Waals surface area contributed by atoms with E-state index in [0.29, 0.717) is 5.75 Å². The smallest absolute Gasteiger partial charge is 0.409 e. The average molecular weight is 214 g/mol. The van der Waals surface area contributed by atoms with Crippen LogP contribution in [0.5, 0.6) is 5.75 Å². The normalized spacial score (nSPS) is 9.75. The third-order valence-corrected chi connectivity index (χ3v) is 2.07. The molecule has 0 aliphatic carbocycles. The Morgan fingerprint density at radius 1 is 1.19 bits per heavy atom. The molecule has 4 nitrogen and oxygen atoms in total. The van der Waals surface area contributed by atoms with Gasteiger partial charge in [0.2, 0.25) is 0 Å². The van der Waals surface area contributed by atoms with E-state index in [1.165, 1.54) is 0 Å². The van der Waals surface area contributed by atoms with Crippen molar-refractivity contribution in [1.29, 1.82) is 0 Å². The van der Waals surface area contributed by atoms with Crippen molar-refractivity contribution in [2.24, 2.45) is 5.73 Å². The first-order chi connectivity index (χ1) is 7.77. The van der Waals surface area contributed by atoms with Gasteiger partial charge < -0.3 is 10.5 Å². The zero-order valence-corrected chi connectivity index (χ0v) is 8.46. The molecular weight excluding hydrogens is 204 g/mol. The van der Waals surface area contributed by atoms with Crippen molar-refractivity contribution in [2.75, 3.05) is 0 Å². The van der Waals surface area contributed by atoms with Gasteiger partial charge in [0.1, 0.15) is 5.75 Å². The van der Waals surface area contributed by atoms with Crippen LogP contribution in [0.15, 0.2) is 48.8 Å². The number of carbonyl (C=O) groups is 1. The van der Waals surface area contributed by atoms with Crippen LogP contribution in [0.4, 0.5) is 4.79 Å².